The SMILES string of the molecule is COC(=O)[C@H](Cc1ccccc1)NOc1ccccc1C(=O)O. The van der Waals surface area contributed by atoms with E-state index in [-0.39, 0.29) is 11.3 Å². The number of ether oxygens (including phenoxy) is 1. The zero-order valence-electron chi connectivity index (χ0n) is 12.6. The molecule has 0 fully saturated rings. The van der Waals surface area contributed by atoms with Gasteiger partial charge in [0.2, 0.25) is 0 Å². The molecule has 0 amide bonds. The Morgan fingerprint density at radius 1 is 1.09 bits per heavy atom. The quantitative estimate of drug-likeness (QED) is 0.601. The van der Waals surface area contributed by atoms with Gasteiger partial charge in [-0.25, -0.2) is 4.79 Å². The number of hydrogen-bond acceptors (Lipinski definition) is 5. The van der Waals surface area contributed by atoms with E-state index in [1.165, 1.54) is 19.2 Å². The van der Waals surface area contributed by atoms with Gasteiger partial charge in [0.05, 0.1) is 7.11 Å². The lowest BCUT2D eigenvalue weighted by Crippen LogP contribution is -2.41. The van der Waals surface area contributed by atoms with Crippen LogP contribution in [0.15, 0.2) is 54.6 Å². The lowest BCUT2D eigenvalue weighted by molar-refractivity contribution is -0.145. The summed E-state index contributed by atoms with van der Waals surface area (Å²) >= 11 is 0. The topological polar surface area (TPSA) is 84.9 Å². The van der Waals surface area contributed by atoms with Gasteiger partial charge in [-0.1, -0.05) is 42.5 Å². The highest BCUT2D eigenvalue weighted by Crippen LogP contribution is 2.17. The second-order valence-corrected chi connectivity index (χ2v) is 4.79. The first kappa shape index (κ1) is 16.5. The number of rotatable bonds is 7. The zero-order chi connectivity index (χ0) is 16.7. The number of hydroxylamine groups is 1. The summed E-state index contributed by atoms with van der Waals surface area (Å²) < 4.78 is 4.75. The van der Waals surface area contributed by atoms with E-state index >= 15 is 0 Å². The third kappa shape index (κ3) is 4.55. The number of para-hydroxylation sites is 1. The fraction of sp³-hybridized carbons (Fsp3) is 0.176. The average Bonchev–Trinajstić information content (AvgIpc) is 2.59. The fourth-order valence-corrected chi connectivity index (χ4v) is 2.03. The van der Waals surface area contributed by atoms with E-state index in [9.17, 15) is 9.59 Å². The molecule has 0 aliphatic carbocycles. The van der Waals surface area contributed by atoms with E-state index in [2.05, 4.69) is 5.48 Å². The number of carbonyl (C=O) groups excluding carboxylic acids is 1. The minimum Gasteiger partial charge on any atom is -0.478 e. The van der Waals surface area contributed by atoms with Crippen LogP contribution in [0.4, 0.5) is 0 Å². The molecule has 0 saturated heterocycles. The second-order valence-electron chi connectivity index (χ2n) is 4.79. The number of carbonyl (C=O) groups is 2. The van der Waals surface area contributed by atoms with Crippen LogP contribution in [0.1, 0.15) is 15.9 Å². The van der Waals surface area contributed by atoms with E-state index in [0.29, 0.717) is 6.42 Å². The predicted molar refractivity (Wildman–Crippen MR) is 83.1 cm³/mol. The summed E-state index contributed by atoms with van der Waals surface area (Å²) in [7, 11) is 1.28. The molecule has 0 spiro atoms. The van der Waals surface area contributed by atoms with Crippen molar-refractivity contribution < 1.29 is 24.3 Å². The molecule has 6 heteroatoms. The Hall–Kier alpha value is -2.86. The Kier molecular flexibility index (Phi) is 5.71. The highest BCUT2D eigenvalue weighted by molar-refractivity contribution is 5.90. The maximum Gasteiger partial charge on any atom is 0.339 e. The molecular formula is C17H17NO5. The first-order valence-electron chi connectivity index (χ1n) is 6.98. The summed E-state index contributed by atoms with van der Waals surface area (Å²) in [6.07, 6.45) is 0.350. The number of carboxylic acid groups (broad SMARTS) is 1. The summed E-state index contributed by atoms with van der Waals surface area (Å²) in [6.45, 7) is 0. The minimum atomic E-state index is -1.11. The summed E-state index contributed by atoms with van der Waals surface area (Å²) in [5, 5.41) is 9.12. The molecule has 0 heterocycles. The average molecular weight is 315 g/mol. The van der Waals surface area contributed by atoms with Crippen molar-refractivity contribution in [1.82, 2.24) is 5.48 Å². The van der Waals surface area contributed by atoms with E-state index in [1.54, 1.807) is 12.1 Å². The van der Waals surface area contributed by atoms with Gasteiger partial charge in [0.15, 0.2) is 5.75 Å². The molecular weight excluding hydrogens is 298 g/mol. The van der Waals surface area contributed by atoms with Crippen LogP contribution in [-0.4, -0.2) is 30.2 Å². The number of hydrogen-bond donors (Lipinski definition) is 2. The van der Waals surface area contributed by atoms with Gasteiger partial charge in [0, 0.05) is 6.42 Å². The second kappa shape index (κ2) is 7.95. The van der Waals surface area contributed by atoms with Crippen molar-refractivity contribution in [1.29, 1.82) is 0 Å². The summed E-state index contributed by atoms with van der Waals surface area (Å²) in [5.74, 6) is -1.48. The Morgan fingerprint density at radius 3 is 2.39 bits per heavy atom. The smallest absolute Gasteiger partial charge is 0.339 e. The van der Waals surface area contributed by atoms with Crippen LogP contribution in [0.25, 0.3) is 0 Å². The van der Waals surface area contributed by atoms with Crippen molar-refractivity contribution in [2.75, 3.05) is 7.11 Å². The predicted octanol–water partition coefficient (Wildman–Crippen LogP) is 2.05. The number of benzene rings is 2. The number of esters is 1. The monoisotopic (exact) mass is 315 g/mol. The Bertz CT molecular complexity index is 672. The molecule has 6 nitrogen and oxygen atoms in total. The molecule has 0 saturated carbocycles. The first-order valence-corrected chi connectivity index (χ1v) is 6.98. The van der Waals surface area contributed by atoms with Gasteiger partial charge in [-0.3, -0.25) is 4.79 Å². The van der Waals surface area contributed by atoms with Crippen LogP contribution in [-0.2, 0) is 16.0 Å². The molecule has 23 heavy (non-hydrogen) atoms. The van der Waals surface area contributed by atoms with Gasteiger partial charge in [-0.2, -0.15) is 0 Å². The molecule has 2 aromatic rings. The van der Waals surface area contributed by atoms with Crippen LogP contribution in [0.3, 0.4) is 0 Å². The lowest BCUT2D eigenvalue weighted by atomic mass is 10.1. The molecule has 0 aliphatic heterocycles. The molecule has 0 aromatic heterocycles. The van der Waals surface area contributed by atoms with Gasteiger partial charge >= 0.3 is 11.9 Å². The largest absolute Gasteiger partial charge is 0.478 e. The Labute approximate surface area is 133 Å². The van der Waals surface area contributed by atoms with E-state index in [0.717, 1.165) is 5.56 Å². The molecule has 2 aromatic carbocycles. The van der Waals surface area contributed by atoms with Gasteiger partial charge < -0.3 is 14.7 Å². The van der Waals surface area contributed by atoms with E-state index in [1.807, 2.05) is 30.3 Å². The van der Waals surface area contributed by atoms with Crippen molar-refractivity contribution in [2.45, 2.75) is 12.5 Å². The molecule has 120 valence electrons. The third-order valence-corrected chi connectivity index (χ3v) is 3.20. The molecule has 0 radical (unpaired) electrons. The first-order chi connectivity index (χ1) is 11.1. The number of methoxy groups -OCH3 is 1. The summed E-state index contributed by atoms with van der Waals surface area (Å²) in [4.78, 5) is 28.3. The van der Waals surface area contributed by atoms with Crippen molar-refractivity contribution in [3.05, 3.63) is 65.7 Å². The van der Waals surface area contributed by atoms with Crippen LogP contribution in [0.2, 0.25) is 0 Å². The maximum absolute atomic E-state index is 11.9. The number of carboxylic acids is 1. The van der Waals surface area contributed by atoms with Gasteiger partial charge in [0.1, 0.15) is 11.6 Å². The lowest BCUT2D eigenvalue weighted by Gasteiger charge is -2.17. The van der Waals surface area contributed by atoms with Gasteiger partial charge in [-0.15, -0.1) is 5.48 Å². The number of nitrogens with one attached hydrogen (secondary N) is 1. The highest BCUT2D eigenvalue weighted by Gasteiger charge is 2.21. The molecule has 0 unspecified atom stereocenters. The fourth-order valence-electron chi connectivity index (χ4n) is 2.03. The van der Waals surface area contributed by atoms with Crippen LogP contribution in [0.5, 0.6) is 5.75 Å². The molecule has 2 N–H and O–H groups in total. The van der Waals surface area contributed by atoms with Crippen molar-refractivity contribution >= 4 is 11.9 Å². The molecule has 2 rings (SSSR count). The molecule has 0 aliphatic rings. The third-order valence-electron chi connectivity index (χ3n) is 3.20. The Balaban J connectivity index is 2.10. The highest BCUT2D eigenvalue weighted by atomic mass is 16.7. The Morgan fingerprint density at radius 2 is 1.74 bits per heavy atom. The standard InChI is InChI=1S/C17H17NO5/c1-22-17(21)14(11-12-7-3-2-4-8-12)18-23-15-10-6-5-9-13(15)16(19)20/h2-10,14,18H,11H2,1H3,(H,19,20)/t14-/m0/s1. The molecule has 0 bridgehead atoms. The van der Waals surface area contributed by atoms with Crippen molar-refractivity contribution in [2.24, 2.45) is 0 Å². The van der Waals surface area contributed by atoms with Gasteiger partial charge in [0.25, 0.3) is 0 Å². The molecule has 1 atom stereocenters. The maximum atomic E-state index is 11.9. The van der Waals surface area contributed by atoms with Crippen molar-refractivity contribution in [3.63, 3.8) is 0 Å². The van der Waals surface area contributed by atoms with E-state index in [4.69, 9.17) is 14.7 Å². The summed E-state index contributed by atoms with van der Waals surface area (Å²) in [6, 6.07) is 14.8. The van der Waals surface area contributed by atoms with Crippen LogP contribution < -0.4 is 10.3 Å². The van der Waals surface area contributed by atoms with Crippen LogP contribution >= 0.6 is 0 Å². The van der Waals surface area contributed by atoms with Crippen LogP contribution in [0, 0.1) is 0 Å². The zero-order valence-corrected chi connectivity index (χ0v) is 12.6. The van der Waals surface area contributed by atoms with E-state index < -0.39 is 18.0 Å². The normalized spacial score (nSPS) is 11.5. The van der Waals surface area contributed by atoms with Crippen molar-refractivity contribution in [3.8, 4) is 5.75 Å². The summed E-state index contributed by atoms with van der Waals surface area (Å²) in [5.41, 5.74) is 3.52. The minimum absolute atomic E-state index is 0.00308. The number of aromatic carboxylic acids is 1. The van der Waals surface area contributed by atoms with Gasteiger partial charge in [-0.05, 0) is 17.7 Å².